The number of para-hydroxylation sites is 2. The van der Waals surface area contributed by atoms with Crippen molar-refractivity contribution in [3.8, 4) is 28.2 Å². The Morgan fingerprint density at radius 2 is 1.15 bits per heavy atom. The van der Waals surface area contributed by atoms with Gasteiger partial charge in [-0.2, -0.15) is 0 Å². The lowest BCUT2D eigenvalue weighted by molar-refractivity contribution is 1.13. The largest absolute Gasteiger partial charge is 0.291 e. The van der Waals surface area contributed by atoms with Gasteiger partial charge in [0, 0.05) is 16.3 Å². The second-order valence-electron chi connectivity index (χ2n) is 9.07. The van der Waals surface area contributed by atoms with Gasteiger partial charge in [-0.25, -0.2) is 4.98 Å². The Morgan fingerprint density at radius 3 is 1.92 bits per heavy atom. The maximum absolute atomic E-state index is 9.18. The molecule has 2 heteroatoms. The summed E-state index contributed by atoms with van der Waals surface area (Å²) in [4.78, 5) is 4.84. The van der Waals surface area contributed by atoms with Crippen molar-refractivity contribution in [3.05, 3.63) is 145 Å². The molecule has 8 rings (SSSR count). The number of imidazole rings is 1. The van der Waals surface area contributed by atoms with E-state index in [0.29, 0.717) is 43.8 Å². The molecule has 0 aliphatic heterocycles. The van der Waals surface area contributed by atoms with Crippen LogP contribution >= 0.6 is 0 Å². The van der Waals surface area contributed by atoms with Gasteiger partial charge in [0.25, 0.3) is 0 Å². The molecule has 1 aromatic heterocycles. The Morgan fingerprint density at radius 1 is 0.538 bits per heavy atom. The molecule has 0 bridgehead atoms. The van der Waals surface area contributed by atoms with Crippen molar-refractivity contribution in [3.63, 3.8) is 0 Å². The Hall–Kier alpha value is -5.21. The van der Waals surface area contributed by atoms with Crippen LogP contribution in [0.5, 0.6) is 0 Å². The first-order valence-electron chi connectivity index (χ1n) is 18.4. The Bertz CT molecular complexity index is 2750. The average molecular weight is 509 g/mol. The van der Waals surface area contributed by atoms with Crippen molar-refractivity contribution < 1.29 is 16.4 Å². The molecule has 7 aromatic carbocycles. The number of fused-ring (bicyclic) bond motifs is 4. The lowest BCUT2D eigenvalue weighted by atomic mass is 9.88. The highest BCUT2D eigenvalue weighted by molar-refractivity contribution is 6.21. The molecule has 0 N–H and O–H groups in total. The van der Waals surface area contributed by atoms with Gasteiger partial charge in [-0.3, -0.25) is 4.57 Å². The van der Waals surface area contributed by atoms with Crippen molar-refractivity contribution in [1.82, 2.24) is 9.55 Å². The molecule has 39 heavy (non-hydrogen) atoms. The SMILES string of the molecule is [2H]c1c([2H])c([2H])c(-c2nc3ccccc3n2-c2c3ccccc3c(-c3c([2H])c([2H])c([2H])c4c([2H])c([2H])c([2H])c([2H])c34)c3ccccc23)c([2H])c1[2H]. The molecule has 0 radical (unpaired) electrons. The molecule has 0 atom stereocenters. The lowest BCUT2D eigenvalue weighted by Crippen LogP contribution is -2.01. The second kappa shape index (κ2) is 8.68. The first kappa shape index (κ1) is 13.0. The third-order valence-electron chi connectivity index (χ3n) is 6.97. The van der Waals surface area contributed by atoms with E-state index in [0.717, 1.165) is 0 Å². The van der Waals surface area contributed by atoms with Gasteiger partial charge in [0.1, 0.15) is 5.82 Å². The zero-order valence-corrected chi connectivity index (χ0v) is 20.3. The summed E-state index contributed by atoms with van der Waals surface area (Å²) < 4.78 is 106. The summed E-state index contributed by atoms with van der Waals surface area (Å²) in [6, 6.07) is 16.0. The van der Waals surface area contributed by atoms with E-state index in [1.54, 1.807) is 41.0 Å². The molecule has 182 valence electrons. The first-order chi connectivity index (χ1) is 24.4. The number of nitrogens with zero attached hydrogens (tertiary/aromatic N) is 2. The van der Waals surface area contributed by atoms with E-state index < -0.39 is 66.5 Å². The van der Waals surface area contributed by atoms with Gasteiger partial charge in [-0.1, -0.05) is 133 Å². The fraction of sp³-hybridized carbons (Fsp3) is 0. The van der Waals surface area contributed by atoms with Crippen molar-refractivity contribution in [2.45, 2.75) is 0 Å². The van der Waals surface area contributed by atoms with Crippen molar-refractivity contribution in [2.75, 3.05) is 0 Å². The second-order valence-corrected chi connectivity index (χ2v) is 9.07. The molecule has 0 saturated heterocycles. The Balaban J connectivity index is 1.62. The molecule has 0 saturated carbocycles. The summed E-state index contributed by atoms with van der Waals surface area (Å²) in [6.07, 6.45) is 0. The first-order valence-corrected chi connectivity index (χ1v) is 12.4. The highest BCUT2D eigenvalue weighted by Crippen LogP contribution is 2.44. The van der Waals surface area contributed by atoms with E-state index in [2.05, 4.69) is 0 Å². The molecule has 8 aromatic rings. The van der Waals surface area contributed by atoms with Gasteiger partial charge in [-0.05, 0) is 44.8 Å². The van der Waals surface area contributed by atoms with Crippen LogP contribution in [0.4, 0.5) is 0 Å². The van der Waals surface area contributed by atoms with Crippen LogP contribution in [-0.2, 0) is 0 Å². The van der Waals surface area contributed by atoms with E-state index in [1.807, 2.05) is 36.4 Å². The summed E-state index contributed by atoms with van der Waals surface area (Å²) in [5.41, 5.74) is 2.08. The Kier molecular flexibility index (Phi) is 2.90. The van der Waals surface area contributed by atoms with Crippen LogP contribution < -0.4 is 0 Å². The monoisotopic (exact) mass is 508 g/mol. The fourth-order valence-corrected chi connectivity index (χ4v) is 5.40. The molecule has 0 amide bonds. The normalized spacial score (nSPS) is 15.9. The summed E-state index contributed by atoms with van der Waals surface area (Å²) in [5.74, 6) is 0.115. The molecular formula is C37H24N2. The van der Waals surface area contributed by atoms with E-state index in [1.165, 1.54) is 0 Å². The van der Waals surface area contributed by atoms with Crippen molar-refractivity contribution in [1.29, 1.82) is 0 Å². The van der Waals surface area contributed by atoms with Gasteiger partial charge in [0.05, 0.1) is 33.2 Å². The minimum atomic E-state index is -0.540. The maximum atomic E-state index is 9.18. The summed E-state index contributed by atoms with van der Waals surface area (Å²) in [5, 5.41) is 2.10. The standard InChI is InChI=1S/C37H24N2/c1-2-14-26(15-3-1)37-38-33-23-10-11-24-34(33)39(37)36-31-20-8-6-18-29(31)35(30-19-7-9-21-32(30)36)28-22-12-16-25-13-4-5-17-27(25)28/h1-24H/i1D,2D,3D,4D,5D,12D,13D,14D,15D,16D,17D,22D. The fourth-order valence-electron chi connectivity index (χ4n) is 5.40. The van der Waals surface area contributed by atoms with Gasteiger partial charge < -0.3 is 0 Å². The zero-order chi connectivity index (χ0) is 36.2. The van der Waals surface area contributed by atoms with Crippen LogP contribution in [-0.4, -0.2) is 9.55 Å². The number of rotatable bonds is 3. The molecule has 0 aliphatic rings. The van der Waals surface area contributed by atoms with Crippen LogP contribution in [0.1, 0.15) is 16.4 Å². The van der Waals surface area contributed by atoms with E-state index in [-0.39, 0.29) is 33.8 Å². The van der Waals surface area contributed by atoms with Crippen molar-refractivity contribution in [2.24, 2.45) is 0 Å². The predicted molar refractivity (Wildman–Crippen MR) is 164 cm³/mol. The van der Waals surface area contributed by atoms with Crippen molar-refractivity contribution >= 4 is 43.4 Å². The van der Waals surface area contributed by atoms with Crippen LogP contribution in [0.3, 0.4) is 0 Å². The van der Waals surface area contributed by atoms with E-state index >= 15 is 0 Å². The number of hydrogen-bond acceptors (Lipinski definition) is 1. The topological polar surface area (TPSA) is 17.8 Å². The maximum Gasteiger partial charge on any atom is 0.145 e. The Labute approximate surface area is 243 Å². The van der Waals surface area contributed by atoms with Crippen LogP contribution in [0.15, 0.2) is 145 Å². The number of aromatic nitrogens is 2. The molecule has 1 heterocycles. The van der Waals surface area contributed by atoms with E-state index in [9.17, 15) is 1.37 Å². The van der Waals surface area contributed by atoms with Gasteiger partial charge >= 0.3 is 0 Å². The van der Waals surface area contributed by atoms with Crippen LogP contribution in [0.2, 0.25) is 0 Å². The van der Waals surface area contributed by atoms with Crippen LogP contribution in [0, 0.1) is 0 Å². The number of benzene rings is 7. The molecule has 2 nitrogen and oxygen atoms in total. The lowest BCUT2D eigenvalue weighted by Gasteiger charge is -2.20. The third-order valence-corrected chi connectivity index (χ3v) is 6.97. The smallest absolute Gasteiger partial charge is 0.145 e. The van der Waals surface area contributed by atoms with E-state index in [4.69, 9.17) is 20.1 Å². The minimum Gasteiger partial charge on any atom is -0.291 e. The number of hydrogen-bond donors (Lipinski definition) is 0. The van der Waals surface area contributed by atoms with Gasteiger partial charge in [-0.15, -0.1) is 0 Å². The molecular weight excluding hydrogens is 472 g/mol. The minimum absolute atomic E-state index is 0.0389. The quantitative estimate of drug-likeness (QED) is 0.217. The molecule has 0 aliphatic carbocycles. The van der Waals surface area contributed by atoms with Gasteiger partial charge in [0.2, 0.25) is 0 Å². The van der Waals surface area contributed by atoms with Gasteiger partial charge in [0.15, 0.2) is 0 Å². The summed E-state index contributed by atoms with van der Waals surface area (Å²) in [6.45, 7) is 0. The summed E-state index contributed by atoms with van der Waals surface area (Å²) in [7, 11) is 0. The average Bonchev–Trinajstić information content (AvgIpc) is 3.51. The van der Waals surface area contributed by atoms with Crippen LogP contribution in [0.25, 0.3) is 71.6 Å². The highest BCUT2D eigenvalue weighted by Gasteiger charge is 2.21. The molecule has 0 unspecified atom stereocenters. The predicted octanol–water partition coefficient (Wildman–Crippen LogP) is 9.82. The summed E-state index contributed by atoms with van der Waals surface area (Å²) >= 11 is 0. The molecule has 0 fully saturated rings. The molecule has 0 spiro atoms. The third kappa shape index (κ3) is 3.32. The highest BCUT2D eigenvalue weighted by atomic mass is 15.1. The zero-order valence-electron chi connectivity index (χ0n) is 32.3.